The van der Waals surface area contributed by atoms with E-state index < -0.39 is 5.60 Å². The lowest BCUT2D eigenvalue weighted by Gasteiger charge is -2.37. The molecule has 1 N–H and O–H groups in total. The summed E-state index contributed by atoms with van der Waals surface area (Å²) in [5.41, 5.74) is 1.54. The minimum Gasteiger partial charge on any atom is -0.456 e. The number of hydrogen-bond acceptors (Lipinski definition) is 2. The summed E-state index contributed by atoms with van der Waals surface area (Å²) in [7, 11) is 0. The number of rotatable bonds is 1. The highest BCUT2D eigenvalue weighted by Crippen LogP contribution is 2.40. The Morgan fingerprint density at radius 2 is 1.50 bits per heavy atom. The number of benzene rings is 2. The fraction of sp³-hybridized carbons (Fsp3) is 0.333. The van der Waals surface area contributed by atoms with Crippen LogP contribution in [0.15, 0.2) is 46.9 Å². The maximum absolute atomic E-state index is 10.9. The van der Waals surface area contributed by atoms with E-state index in [0.717, 1.165) is 27.5 Å². The van der Waals surface area contributed by atoms with Crippen LogP contribution in [0.1, 0.15) is 33.3 Å². The average Bonchev–Trinajstić information content (AvgIpc) is 2.75. The molecule has 0 aliphatic rings. The van der Waals surface area contributed by atoms with E-state index in [1.165, 1.54) is 0 Å². The van der Waals surface area contributed by atoms with Crippen molar-refractivity contribution in [2.45, 2.75) is 33.3 Å². The summed E-state index contributed by atoms with van der Waals surface area (Å²) in [6.07, 6.45) is 0. The highest BCUT2D eigenvalue weighted by molar-refractivity contribution is 6.05. The molecule has 0 spiro atoms. The van der Waals surface area contributed by atoms with E-state index in [9.17, 15) is 5.11 Å². The Bertz CT molecular complexity index is 773. The van der Waals surface area contributed by atoms with Gasteiger partial charge in [0.15, 0.2) is 0 Å². The van der Waals surface area contributed by atoms with Crippen molar-refractivity contribution < 1.29 is 9.52 Å². The van der Waals surface area contributed by atoms with Gasteiger partial charge in [0, 0.05) is 10.8 Å². The summed E-state index contributed by atoms with van der Waals surface area (Å²) in [5, 5.41) is 13.0. The fourth-order valence-corrected chi connectivity index (χ4v) is 2.46. The number of furan rings is 1. The largest absolute Gasteiger partial charge is 0.456 e. The molecule has 3 aromatic rings. The van der Waals surface area contributed by atoms with Crippen LogP contribution in [0.2, 0.25) is 0 Å². The third-order valence-electron chi connectivity index (χ3n) is 4.40. The van der Waals surface area contributed by atoms with Crippen molar-refractivity contribution in [3.63, 3.8) is 0 Å². The van der Waals surface area contributed by atoms with Gasteiger partial charge in [0.2, 0.25) is 0 Å². The van der Waals surface area contributed by atoms with Crippen LogP contribution in [0, 0.1) is 5.41 Å². The quantitative estimate of drug-likeness (QED) is 0.685. The van der Waals surface area contributed by atoms with Crippen molar-refractivity contribution in [1.29, 1.82) is 0 Å². The summed E-state index contributed by atoms with van der Waals surface area (Å²) >= 11 is 0. The van der Waals surface area contributed by atoms with E-state index >= 15 is 0 Å². The Morgan fingerprint density at radius 1 is 0.850 bits per heavy atom. The van der Waals surface area contributed by atoms with Crippen LogP contribution in [0.5, 0.6) is 0 Å². The second-order valence-electron chi connectivity index (χ2n) is 6.63. The highest BCUT2D eigenvalue weighted by Gasteiger charge is 2.37. The van der Waals surface area contributed by atoms with E-state index in [1.54, 1.807) is 0 Å². The van der Waals surface area contributed by atoms with Crippen molar-refractivity contribution in [2.24, 2.45) is 5.41 Å². The van der Waals surface area contributed by atoms with Crippen molar-refractivity contribution in [3.8, 4) is 0 Å². The van der Waals surface area contributed by atoms with E-state index in [2.05, 4.69) is 6.07 Å². The Labute approximate surface area is 119 Å². The van der Waals surface area contributed by atoms with Gasteiger partial charge in [0.25, 0.3) is 0 Å². The van der Waals surface area contributed by atoms with Crippen LogP contribution in [-0.4, -0.2) is 5.11 Å². The number of fused-ring (bicyclic) bond motifs is 3. The fourth-order valence-electron chi connectivity index (χ4n) is 2.46. The molecule has 104 valence electrons. The number of hydrogen-bond donors (Lipinski definition) is 1. The van der Waals surface area contributed by atoms with Crippen LogP contribution in [0.3, 0.4) is 0 Å². The molecular weight excluding hydrogens is 248 g/mol. The van der Waals surface area contributed by atoms with Crippen molar-refractivity contribution >= 4 is 21.9 Å². The van der Waals surface area contributed by atoms with E-state index in [4.69, 9.17) is 4.42 Å². The van der Waals surface area contributed by atoms with Crippen LogP contribution in [-0.2, 0) is 5.60 Å². The first-order valence-corrected chi connectivity index (χ1v) is 6.95. The lowest BCUT2D eigenvalue weighted by molar-refractivity contribution is -0.0469. The normalized spacial score (nSPS) is 15.7. The molecule has 2 nitrogen and oxygen atoms in total. The smallest absolute Gasteiger partial charge is 0.135 e. The molecule has 0 saturated carbocycles. The van der Waals surface area contributed by atoms with Gasteiger partial charge in [-0.2, -0.15) is 0 Å². The molecule has 0 radical (unpaired) electrons. The molecule has 0 saturated heterocycles. The summed E-state index contributed by atoms with van der Waals surface area (Å²) in [5.74, 6) is 0. The lowest BCUT2D eigenvalue weighted by Crippen LogP contribution is -2.36. The summed E-state index contributed by atoms with van der Waals surface area (Å²) in [6.45, 7) is 8.01. The summed E-state index contributed by atoms with van der Waals surface area (Å²) in [4.78, 5) is 0. The molecule has 1 atom stereocenters. The second-order valence-corrected chi connectivity index (χ2v) is 6.63. The minimum atomic E-state index is -0.889. The standard InChI is InChI=1S/C18H20O2/c1-17(2,3)18(4,19)12-9-10-16-14(11-12)13-7-5-6-8-15(13)20-16/h5-11,19H,1-4H3. The van der Waals surface area contributed by atoms with Crippen LogP contribution >= 0.6 is 0 Å². The van der Waals surface area contributed by atoms with Gasteiger partial charge in [-0.3, -0.25) is 0 Å². The summed E-state index contributed by atoms with van der Waals surface area (Å²) in [6, 6.07) is 13.9. The molecule has 0 aliphatic carbocycles. The molecular formula is C18H20O2. The van der Waals surface area contributed by atoms with Gasteiger partial charge in [0.1, 0.15) is 11.2 Å². The molecule has 1 aromatic heterocycles. The van der Waals surface area contributed by atoms with Gasteiger partial charge in [-0.15, -0.1) is 0 Å². The molecule has 0 amide bonds. The van der Waals surface area contributed by atoms with Gasteiger partial charge >= 0.3 is 0 Å². The monoisotopic (exact) mass is 268 g/mol. The van der Waals surface area contributed by atoms with Gasteiger partial charge in [-0.25, -0.2) is 0 Å². The van der Waals surface area contributed by atoms with Crippen molar-refractivity contribution in [2.75, 3.05) is 0 Å². The zero-order valence-corrected chi connectivity index (χ0v) is 12.4. The molecule has 2 aromatic carbocycles. The van der Waals surface area contributed by atoms with Crippen LogP contribution in [0.4, 0.5) is 0 Å². The van der Waals surface area contributed by atoms with Crippen molar-refractivity contribution in [1.82, 2.24) is 0 Å². The minimum absolute atomic E-state index is 0.236. The predicted molar refractivity (Wildman–Crippen MR) is 82.7 cm³/mol. The third kappa shape index (κ3) is 1.83. The molecule has 0 aliphatic heterocycles. The van der Waals surface area contributed by atoms with Gasteiger partial charge in [0.05, 0.1) is 5.60 Å². The zero-order valence-electron chi connectivity index (χ0n) is 12.4. The first-order chi connectivity index (χ1) is 9.30. The van der Waals surface area contributed by atoms with Gasteiger partial charge in [-0.05, 0) is 36.1 Å². The SMILES string of the molecule is CC(C)(C)C(C)(O)c1ccc2oc3ccccc3c2c1. The topological polar surface area (TPSA) is 33.4 Å². The van der Waals surface area contributed by atoms with Crippen molar-refractivity contribution in [3.05, 3.63) is 48.0 Å². The molecule has 2 heteroatoms. The lowest BCUT2D eigenvalue weighted by atomic mass is 9.73. The Kier molecular flexibility index (Phi) is 2.70. The average molecular weight is 268 g/mol. The Morgan fingerprint density at radius 3 is 2.20 bits per heavy atom. The molecule has 1 unspecified atom stereocenters. The van der Waals surface area contributed by atoms with Gasteiger partial charge in [-0.1, -0.05) is 45.0 Å². The number of aliphatic hydroxyl groups is 1. The van der Waals surface area contributed by atoms with Crippen LogP contribution in [0.25, 0.3) is 21.9 Å². The molecule has 1 heterocycles. The summed E-state index contributed by atoms with van der Waals surface area (Å²) < 4.78 is 5.82. The third-order valence-corrected chi connectivity index (χ3v) is 4.40. The van der Waals surface area contributed by atoms with Gasteiger partial charge < -0.3 is 9.52 Å². The van der Waals surface area contributed by atoms with E-state index in [0.29, 0.717) is 0 Å². The highest BCUT2D eigenvalue weighted by atomic mass is 16.3. The van der Waals surface area contributed by atoms with E-state index in [-0.39, 0.29) is 5.41 Å². The zero-order chi connectivity index (χ0) is 14.5. The maximum atomic E-state index is 10.9. The molecule has 0 bridgehead atoms. The first-order valence-electron chi connectivity index (χ1n) is 6.95. The first kappa shape index (κ1) is 13.2. The Hall–Kier alpha value is -1.80. The Balaban J connectivity index is 2.27. The number of para-hydroxylation sites is 1. The maximum Gasteiger partial charge on any atom is 0.135 e. The predicted octanol–water partition coefficient (Wildman–Crippen LogP) is 4.84. The van der Waals surface area contributed by atoms with E-state index in [1.807, 2.05) is 64.1 Å². The van der Waals surface area contributed by atoms with Crippen LogP contribution < -0.4 is 0 Å². The molecule has 20 heavy (non-hydrogen) atoms. The second kappa shape index (κ2) is 4.10. The molecule has 0 fully saturated rings. The molecule has 3 rings (SSSR count).